The van der Waals surface area contributed by atoms with Crippen LogP contribution in [0.15, 0.2) is 73.7 Å². The molecule has 1 N–H and O–H groups in total. The van der Waals surface area contributed by atoms with Gasteiger partial charge in [-0.05, 0) is 47.8 Å². The molecule has 1 fully saturated rings. The fourth-order valence-electron chi connectivity index (χ4n) is 3.94. The molecule has 0 saturated carbocycles. The van der Waals surface area contributed by atoms with Crippen molar-refractivity contribution in [3.05, 3.63) is 79.3 Å². The summed E-state index contributed by atoms with van der Waals surface area (Å²) in [7, 11) is 5.98. The minimum absolute atomic E-state index is 0.880. The number of hydrogen-bond donors (Lipinski definition) is 1. The second-order valence-electron chi connectivity index (χ2n) is 8.37. The maximum Gasteiger partial charge on any atom is 0.126 e. The highest BCUT2D eigenvalue weighted by molar-refractivity contribution is 5.88. The van der Waals surface area contributed by atoms with E-state index >= 15 is 0 Å². The minimum atomic E-state index is 0.880. The van der Waals surface area contributed by atoms with Gasteiger partial charge in [0.25, 0.3) is 0 Å². The lowest BCUT2D eigenvalue weighted by atomic mass is 10.1. The van der Waals surface area contributed by atoms with Crippen molar-refractivity contribution < 1.29 is 0 Å². The smallest absolute Gasteiger partial charge is 0.126 e. The van der Waals surface area contributed by atoms with Crippen molar-refractivity contribution in [3.63, 3.8) is 0 Å². The average molecular weight is 441 g/mol. The summed E-state index contributed by atoms with van der Waals surface area (Å²) in [5.41, 5.74) is 4.82. The maximum atomic E-state index is 4.30. The number of nitrogens with one attached hydrogen (secondary N) is 1. The monoisotopic (exact) mass is 440 g/mol. The Balaban J connectivity index is 0.000000160. The van der Waals surface area contributed by atoms with E-state index in [1.54, 1.807) is 0 Å². The second-order valence-corrected chi connectivity index (χ2v) is 8.37. The Kier molecular flexibility index (Phi) is 7.05. The highest BCUT2D eigenvalue weighted by Crippen LogP contribution is 2.25. The van der Waals surface area contributed by atoms with E-state index in [4.69, 9.17) is 0 Å². The third-order valence-electron chi connectivity index (χ3n) is 5.99. The lowest BCUT2D eigenvalue weighted by Crippen LogP contribution is -2.44. The number of anilines is 2. The number of aryl methyl sites for hydroxylation is 1. The Morgan fingerprint density at radius 3 is 2.42 bits per heavy atom. The van der Waals surface area contributed by atoms with Crippen LogP contribution in [0.1, 0.15) is 5.56 Å². The third-order valence-corrected chi connectivity index (χ3v) is 5.99. The van der Waals surface area contributed by atoms with Gasteiger partial charge in [0.2, 0.25) is 0 Å². The Bertz CT molecular complexity index is 1220. The molecule has 0 amide bonds. The molecule has 6 nitrogen and oxygen atoms in total. The van der Waals surface area contributed by atoms with Gasteiger partial charge >= 0.3 is 0 Å². The van der Waals surface area contributed by atoms with Crippen LogP contribution in [-0.2, 0) is 7.05 Å². The number of fused-ring (bicyclic) bond motifs is 1. The summed E-state index contributed by atoms with van der Waals surface area (Å²) >= 11 is 0. The third kappa shape index (κ3) is 5.59. The molecule has 3 heterocycles. The van der Waals surface area contributed by atoms with Crippen LogP contribution in [0.5, 0.6) is 0 Å². The van der Waals surface area contributed by atoms with Crippen molar-refractivity contribution >= 4 is 28.4 Å². The van der Waals surface area contributed by atoms with Gasteiger partial charge in [-0.15, -0.1) is 0 Å². The second kappa shape index (κ2) is 10.3. The van der Waals surface area contributed by atoms with Gasteiger partial charge in [0.05, 0.1) is 6.20 Å². The van der Waals surface area contributed by atoms with E-state index in [1.807, 2.05) is 43.4 Å². The summed E-state index contributed by atoms with van der Waals surface area (Å²) in [6, 6.07) is 17.0. The first-order chi connectivity index (χ1) is 16.1. The van der Waals surface area contributed by atoms with Crippen molar-refractivity contribution in [3.8, 4) is 11.1 Å². The molecule has 1 aliphatic rings. The van der Waals surface area contributed by atoms with Gasteiger partial charge in [0.1, 0.15) is 5.82 Å². The number of piperazine rings is 1. The summed E-state index contributed by atoms with van der Waals surface area (Å²) in [6.07, 6.45) is 7.68. The lowest BCUT2D eigenvalue weighted by molar-refractivity contribution is 0.313. The zero-order chi connectivity index (χ0) is 23.2. The highest BCUT2D eigenvalue weighted by Gasteiger charge is 2.13. The fourth-order valence-corrected chi connectivity index (χ4v) is 3.94. The number of rotatable bonds is 4. The van der Waals surface area contributed by atoms with Crippen molar-refractivity contribution in [2.75, 3.05) is 50.5 Å². The van der Waals surface area contributed by atoms with Crippen LogP contribution in [-0.4, -0.2) is 59.9 Å². The van der Waals surface area contributed by atoms with E-state index in [0.29, 0.717) is 0 Å². The number of likely N-dealkylation sites (N-methyl/N-ethyl adjacent to an activating group) is 1. The van der Waals surface area contributed by atoms with Gasteiger partial charge in [-0.25, -0.2) is 4.98 Å². The van der Waals surface area contributed by atoms with Crippen molar-refractivity contribution in [1.82, 2.24) is 19.7 Å². The van der Waals surface area contributed by atoms with Gasteiger partial charge < -0.3 is 15.1 Å². The van der Waals surface area contributed by atoms with Crippen LogP contribution >= 0.6 is 0 Å². The topological polar surface area (TPSA) is 49.2 Å². The summed E-state index contributed by atoms with van der Waals surface area (Å²) in [5.74, 6) is 0.880. The molecule has 1 saturated heterocycles. The Morgan fingerprint density at radius 2 is 1.73 bits per heavy atom. The molecule has 0 atom stereocenters. The molecule has 33 heavy (non-hydrogen) atoms. The van der Waals surface area contributed by atoms with Gasteiger partial charge in [0.15, 0.2) is 0 Å². The number of nitrogens with zero attached hydrogens (tertiary/aromatic N) is 5. The van der Waals surface area contributed by atoms with Gasteiger partial charge in [-0.2, -0.15) is 5.10 Å². The predicted molar refractivity (Wildman–Crippen MR) is 140 cm³/mol. The largest absolute Gasteiger partial charge is 0.373 e. The SMILES string of the molecule is C=Cc1cccc(N2CCN(C)CC2)c1.CNc1cc2cc(-c3cnn(C)c3)ccc2cn1. The maximum absolute atomic E-state index is 4.30. The molecule has 1 aliphatic heterocycles. The van der Waals surface area contributed by atoms with E-state index in [2.05, 4.69) is 87.4 Å². The molecule has 5 rings (SSSR count). The molecule has 0 radical (unpaired) electrons. The molecule has 0 bridgehead atoms. The zero-order valence-corrected chi connectivity index (χ0v) is 19.7. The first-order valence-corrected chi connectivity index (χ1v) is 11.3. The van der Waals surface area contributed by atoms with E-state index < -0.39 is 0 Å². The van der Waals surface area contributed by atoms with Gasteiger partial charge in [-0.3, -0.25) is 4.68 Å². The standard InChI is InChI=1S/C14H14N4.C13H18N2/c1-15-14-6-12-5-10(3-4-11(12)7-16-14)13-8-17-18(2)9-13;1-3-12-5-4-6-13(11-12)15-9-7-14(2)8-10-15/h3-9H,1-2H3,(H,15,16);3-6,11H,1,7-10H2,2H3. The summed E-state index contributed by atoms with van der Waals surface area (Å²) in [4.78, 5) is 9.11. The molecule has 6 heteroatoms. The number of hydrogen-bond acceptors (Lipinski definition) is 5. The molecular weight excluding hydrogens is 408 g/mol. The quantitative estimate of drug-likeness (QED) is 0.496. The van der Waals surface area contributed by atoms with Crippen LogP contribution in [0, 0.1) is 0 Å². The first kappa shape index (κ1) is 22.6. The molecule has 170 valence electrons. The number of benzene rings is 2. The first-order valence-electron chi connectivity index (χ1n) is 11.3. The van der Waals surface area contributed by atoms with Crippen LogP contribution < -0.4 is 10.2 Å². The summed E-state index contributed by atoms with van der Waals surface area (Å²) < 4.78 is 1.81. The molecule has 0 aliphatic carbocycles. The van der Waals surface area contributed by atoms with Crippen molar-refractivity contribution in [2.24, 2.45) is 7.05 Å². The fraction of sp³-hybridized carbons (Fsp3) is 0.259. The Morgan fingerprint density at radius 1 is 0.909 bits per heavy atom. The molecular formula is C27H32N6. The summed E-state index contributed by atoms with van der Waals surface area (Å²) in [6.45, 7) is 8.35. The number of aromatic nitrogens is 3. The number of pyridine rings is 1. The molecule has 2 aromatic carbocycles. The predicted octanol–water partition coefficient (Wildman–Crippen LogP) is 4.76. The van der Waals surface area contributed by atoms with Crippen LogP contribution in [0.3, 0.4) is 0 Å². The van der Waals surface area contributed by atoms with Crippen LogP contribution in [0.25, 0.3) is 28.0 Å². The molecule has 2 aromatic heterocycles. The lowest BCUT2D eigenvalue weighted by Gasteiger charge is -2.34. The van der Waals surface area contributed by atoms with E-state index in [1.165, 1.54) is 22.2 Å². The van der Waals surface area contributed by atoms with Crippen molar-refractivity contribution in [2.45, 2.75) is 0 Å². The Hall–Kier alpha value is -3.64. The normalized spacial score (nSPS) is 14.0. The molecule has 0 unspecified atom stereocenters. The van der Waals surface area contributed by atoms with Gasteiger partial charge in [0, 0.05) is 69.3 Å². The van der Waals surface area contributed by atoms with Crippen LogP contribution in [0.4, 0.5) is 11.5 Å². The van der Waals surface area contributed by atoms with Crippen molar-refractivity contribution in [1.29, 1.82) is 0 Å². The van der Waals surface area contributed by atoms with E-state index in [9.17, 15) is 0 Å². The summed E-state index contributed by atoms with van der Waals surface area (Å²) in [5, 5.41) is 9.57. The zero-order valence-electron chi connectivity index (χ0n) is 19.7. The Labute approximate surface area is 196 Å². The highest BCUT2D eigenvalue weighted by atomic mass is 15.2. The molecule has 0 spiro atoms. The molecule has 4 aromatic rings. The van der Waals surface area contributed by atoms with E-state index in [0.717, 1.165) is 42.9 Å². The van der Waals surface area contributed by atoms with Gasteiger partial charge in [-0.1, -0.05) is 36.9 Å². The average Bonchev–Trinajstić information content (AvgIpc) is 3.30. The van der Waals surface area contributed by atoms with E-state index in [-0.39, 0.29) is 0 Å². The van der Waals surface area contributed by atoms with Crippen LogP contribution in [0.2, 0.25) is 0 Å². The minimum Gasteiger partial charge on any atom is -0.373 e.